The molecule has 2 saturated heterocycles. The zero-order valence-electron chi connectivity index (χ0n) is 12.8. The van der Waals surface area contributed by atoms with Crippen molar-refractivity contribution in [2.75, 3.05) is 24.6 Å². The molecule has 3 atom stereocenters. The number of aliphatic carboxylic acids is 1. The van der Waals surface area contributed by atoms with Gasteiger partial charge in [-0.2, -0.15) is 13.2 Å². The third-order valence-electron chi connectivity index (χ3n) is 4.90. The summed E-state index contributed by atoms with van der Waals surface area (Å²) in [6, 6.07) is 0. The zero-order chi connectivity index (χ0) is 18.6. The van der Waals surface area contributed by atoms with Crippen molar-refractivity contribution in [3.8, 4) is 0 Å². The van der Waals surface area contributed by atoms with Gasteiger partial charge in [-0.25, -0.2) is 17.6 Å². The second-order valence-corrected chi connectivity index (χ2v) is 8.89. The minimum absolute atomic E-state index is 0.104. The summed E-state index contributed by atoms with van der Waals surface area (Å²) in [5.74, 6) is -4.04. The van der Waals surface area contributed by atoms with Crippen LogP contribution in [0.3, 0.4) is 0 Å². The lowest BCUT2D eigenvalue weighted by Crippen LogP contribution is -2.56. The van der Waals surface area contributed by atoms with Gasteiger partial charge in [0.25, 0.3) is 0 Å². The van der Waals surface area contributed by atoms with Crippen LogP contribution < -0.4 is 0 Å². The quantitative estimate of drug-likeness (QED) is 0.744. The van der Waals surface area contributed by atoms with Crippen molar-refractivity contribution in [1.29, 1.82) is 0 Å². The Morgan fingerprint density at radius 2 is 1.88 bits per heavy atom. The first-order valence-electron chi connectivity index (χ1n) is 7.19. The summed E-state index contributed by atoms with van der Waals surface area (Å²) in [5.41, 5.74) is -6.88. The van der Waals surface area contributed by atoms with Gasteiger partial charge in [-0.3, -0.25) is 4.79 Å². The van der Waals surface area contributed by atoms with Crippen molar-refractivity contribution in [2.45, 2.75) is 31.6 Å². The van der Waals surface area contributed by atoms with Crippen LogP contribution in [0.2, 0.25) is 0 Å². The maximum Gasteiger partial charge on any atom is 0.399 e. The third-order valence-corrected chi connectivity index (χ3v) is 6.73. The average Bonchev–Trinajstić information content (AvgIpc) is 2.88. The number of nitrogens with zero attached hydrogens (tertiary/aromatic N) is 1. The molecule has 6 nitrogen and oxygen atoms in total. The molecular weight excluding hydrogens is 358 g/mol. The molecule has 1 amide bonds. The predicted octanol–water partition coefficient (Wildman–Crippen LogP) is 1.01. The molecule has 0 spiro atoms. The molecule has 0 aromatic carbocycles. The van der Waals surface area contributed by atoms with Gasteiger partial charge in [0.2, 0.25) is 11.6 Å². The fraction of sp³-hybridized carbons (Fsp3) is 0.846. The van der Waals surface area contributed by atoms with Crippen molar-refractivity contribution in [2.24, 2.45) is 11.3 Å². The van der Waals surface area contributed by atoms with Gasteiger partial charge >= 0.3 is 12.1 Å². The van der Waals surface area contributed by atoms with Gasteiger partial charge in [-0.1, -0.05) is 0 Å². The lowest BCUT2D eigenvalue weighted by Gasteiger charge is -2.34. The number of carbonyl (C=O) groups excluding carboxylic acids is 1. The van der Waals surface area contributed by atoms with Crippen LogP contribution in [-0.2, 0) is 19.4 Å². The minimum atomic E-state index is -5.16. The molecule has 0 bridgehead atoms. The van der Waals surface area contributed by atoms with E-state index in [1.165, 1.54) is 0 Å². The van der Waals surface area contributed by atoms with Crippen molar-refractivity contribution in [3.05, 3.63) is 0 Å². The molecule has 2 aliphatic rings. The first-order valence-corrected chi connectivity index (χ1v) is 9.01. The van der Waals surface area contributed by atoms with Crippen molar-refractivity contribution in [3.63, 3.8) is 0 Å². The van der Waals surface area contributed by atoms with E-state index in [1.54, 1.807) is 0 Å². The number of amides is 1. The Labute approximate surface area is 135 Å². The van der Waals surface area contributed by atoms with Crippen molar-refractivity contribution in [1.82, 2.24) is 4.90 Å². The standard InChI is InChI=1S/C13H17F4NO5S/c1-11(13(15,16)17)6-18(7-12(11,14)10(20)21)9(19)4-8-2-3-24(22,23)5-8/h8H,2-7H2,1H3,(H,20,21). The van der Waals surface area contributed by atoms with Crippen LogP contribution >= 0.6 is 0 Å². The van der Waals surface area contributed by atoms with Gasteiger partial charge in [0.1, 0.15) is 5.41 Å². The van der Waals surface area contributed by atoms with E-state index in [0.717, 1.165) is 0 Å². The number of hydrogen-bond acceptors (Lipinski definition) is 4. The molecule has 2 fully saturated rings. The highest BCUT2D eigenvalue weighted by Crippen LogP contribution is 2.53. The Balaban J connectivity index is 2.19. The monoisotopic (exact) mass is 375 g/mol. The van der Waals surface area contributed by atoms with Crippen LogP contribution in [-0.4, -0.2) is 66.7 Å². The molecule has 3 unspecified atom stereocenters. The van der Waals surface area contributed by atoms with Crippen LogP contribution in [0.4, 0.5) is 17.6 Å². The van der Waals surface area contributed by atoms with Crippen molar-refractivity contribution >= 4 is 21.7 Å². The fourth-order valence-corrected chi connectivity index (χ4v) is 5.07. The highest BCUT2D eigenvalue weighted by Gasteiger charge is 2.73. The first kappa shape index (κ1) is 18.9. The SMILES string of the molecule is CC1(C(F)(F)F)CN(C(=O)CC2CCS(=O)(=O)C2)CC1(F)C(=O)O. The van der Waals surface area contributed by atoms with Gasteiger partial charge in [0.05, 0.1) is 18.1 Å². The molecule has 0 aromatic rings. The van der Waals surface area contributed by atoms with Crippen LogP contribution in [0.5, 0.6) is 0 Å². The molecule has 0 aliphatic carbocycles. The van der Waals surface area contributed by atoms with E-state index in [4.69, 9.17) is 5.11 Å². The summed E-state index contributed by atoms with van der Waals surface area (Å²) in [7, 11) is -3.27. The summed E-state index contributed by atoms with van der Waals surface area (Å²) in [6.45, 7) is -1.89. The van der Waals surface area contributed by atoms with Crippen LogP contribution in [0, 0.1) is 11.3 Å². The van der Waals surface area contributed by atoms with Gasteiger partial charge in [-0.05, 0) is 19.3 Å². The number of alkyl halides is 4. The number of carbonyl (C=O) groups is 2. The largest absolute Gasteiger partial charge is 0.479 e. The lowest BCUT2D eigenvalue weighted by molar-refractivity contribution is -0.248. The first-order chi connectivity index (χ1) is 10.7. The maximum atomic E-state index is 14.6. The van der Waals surface area contributed by atoms with E-state index in [2.05, 4.69) is 0 Å². The topological polar surface area (TPSA) is 91.8 Å². The van der Waals surface area contributed by atoms with Gasteiger partial charge in [0, 0.05) is 13.0 Å². The molecule has 11 heteroatoms. The molecule has 2 aliphatic heterocycles. The summed E-state index contributed by atoms with van der Waals surface area (Å²) in [4.78, 5) is 23.8. The molecule has 0 radical (unpaired) electrons. The minimum Gasteiger partial charge on any atom is -0.479 e. The molecule has 24 heavy (non-hydrogen) atoms. The normalized spacial score (nSPS) is 36.0. The predicted molar refractivity (Wildman–Crippen MR) is 73.6 cm³/mol. The Morgan fingerprint density at radius 1 is 1.29 bits per heavy atom. The molecule has 138 valence electrons. The highest BCUT2D eigenvalue weighted by molar-refractivity contribution is 7.91. The molecular formula is C13H17F4NO5S. The fourth-order valence-electron chi connectivity index (χ4n) is 3.20. The molecule has 0 aromatic heterocycles. The van der Waals surface area contributed by atoms with Gasteiger partial charge < -0.3 is 10.0 Å². The van der Waals surface area contributed by atoms with E-state index < -0.39 is 58.0 Å². The summed E-state index contributed by atoms with van der Waals surface area (Å²) in [5, 5.41) is 8.93. The van der Waals surface area contributed by atoms with E-state index in [0.29, 0.717) is 11.8 Å². The Morgan fingerprint density at radius 3 is 2.25 bits per heavy atom. The van der Waals surface area contributed by atoms with Crippen LogP contribution in [0.25, 0.3) is 0 Å². The van der Waals surface area contributed by atoms with E-state index in [-0.39, 0.29) is 24.3 Å². The highest BCUT2D eigenvalue weighted by atomic mass is 32.2. The molecule has 2 rings (SSSR count). The number of hydrogen-bond donors (Lipinski definition) is 1. The third kappa shape index (κ3) is 2.98. The maximum absolute atomic E-state index is 14.6. The second-order valence-electron chi connectivity index (χ2n) is 6.66. The molecule has 2 heterocycles. The number of halogens is 4. The second kappa shape index (κ2) is 5.57. The number of sulfone groups is 1. The van der Waals surface area contributed by atoms with E-state index >= 15 is 0 Å². The summed E-state index contributed by atoms with van der Waals surface area (Å²) in [6.07, 6.45) is -5.30. The van der Waals surface area contributed by atoms with Crippen molar-refractivity contribution < 1.29 is 40.7 Å². The number of carboxylic acids is 1. The Bertz CT molecular complexity index is 664. The van der Waals surface area contributed by atoms with Gasteiger partial charge in [-0.15, -0.1) is 0 Å². The Hall–Kier alpha value is -1.39. The number of rotatable bonds is 3. The zero-order valence-corrected chi connectivity index (χ0v) is 13.6. The summed E-state index contributed by atoms with van der Waals surface area (Å²) >= 11 is 0. The molecule has 1 N–H and O–H groups in total. The van der Waals surface area contributed by atoms with Crippen LogP contribution in [0.15, 0.2) is 0 Å². The summed E-state index contributed by atoms with van der Waals surface area (Å²) < 4.78 is 77.0. The van der Waals surface area contributed by atoms with E-state index in [9.17, 15) is 35.6 Å². The lowest BCUT2D eigenvalue weighted by atomic mass is 9.76. The Kier molecular flexibility index (Phi) is 4.39. The van der Waals surface area contributed by atoms with E-state index in [1.807, 2.05) is 0 Å². The number of carboxylic acid groups (broad SMARTS) is 1. The molecule has 0 saturated carbocycles. The van der Waals surface area contributed by atoms with Gasteiger partial charge in [0.15, 0.2) is 9.84 Å². The number of likely N-dealkylation sites (tertiary alicyclic amines) is 1. The van der Waals surface area contributed by atoms with Crippen LogP contribution in [0.1, 0.15) is 19.8 Å². The smallest absolute Gasteiger partial charge is 0.399 e. The average molecular weight is 375 g/mol.